The summed E-state index contributed by atoms with van der Waals surface area (Å²) in [5.74, 6) is 0.376. The van der Waals surface area contributed by atoms with E-state index in [1.165, 1.54) is 0 Å². The fourth-order valence-corrected chi connectivity index (χ4v) is 1.03. The standard InChI is InChI=1S/C9H6N4O/c10-5-7-8(11)14-9(13-7)6-1-3-12-4-2-6/h1-4H,11H2. The van der Waals surface area contributed by atoms with Crippen molar-refractivity contribution in [2.24, 2.45) is 0 Å². The van der Waals surface area contributed by atoms with Crippen molar-refractivity contribution in [3.63, 3.8) is 0 Å². The van der Waals surface area contributed by atoms with Crippen LogP contribution in [0.5, 0.6) is 0 Å². The summed E-state index contributed by atoms with van der Waals surface area (Å²) in [7, 11) is 0. The molecule has 0 aliphatic rings. The average Bonchev–Trinajstić information content (AvgIpc) is 2.61. The maximum absolute atomic E-state index is 8.61. The molecule has 5 heteroatoms. The summed E-state index contributed by atoms with van der Waals surface area (Å²) in [6.07, 6.45) is 3.23. The van der Waals surface area contributed by atoms with Crippen molar-refractivity contribution in [1.82, 2.24) is 9.97 Å². The van der Waals surface area contributed by atoms with Gasteiger partial charge in [0.2, 0.25) is 17.5 Å². The molecule has 0 aromatic carbocycles. The van der Waals surface area contributed by atoms with Crippen LogP contribution in [0.25, 0.3) is 11.5 Å². The molecule has 0 bridgehead atoms. The van der Waals surface area contributed by atoms with Gasteiger partial charge in [-0.2, -0.15) is 10.2 Å². The fraction of sp³-hybridized carbons (Fsp3) is 0. The van der Waals surface area contributed by atoms with E-state index < -0.39 is 0 Å². The minimum absolute atomic E-state index is 0.0410. The van der Waals surface area contributed by atoms with Crippen LogP contribution >= 0.6 is 0 Å². The number of nitrogen functional groups attached to an aromatic ring is 1. The van der Waals surface area contributed by atoms with E-state index in [2.05, 4.69) is 9.97 Å². The highest BCUT2D eigenvalue weighted by molar-refractivity contribution is 5.56. The van der Waals surface area contributed by atoms with Crippen LogP contribution in [0.3, 0.4) is 0 Å². The second-order valence-electron chi connectivity index (χ2n) is 2.58. The molecule has 5 nitrogen and oxygen atoms in total. The maximum Gasteiger partial charge on any atom is 0.230 e. The summed E-state index contributed by atoms with van der Waals surface area (Å²) in [6.45, 7) is 0. The quantitative estimate of drug-likeness (QED) is 0.722. The van der Waals surface area contributed by atoms with Gasteiger partial charge < -0.3 is 10.2 Å². The van der Waals surface area contributed by atoms with Crippen LogP contribution in [-0.4, -0.2) is 9.97 Å². The molecule has 2 rings (SSSR count). The second-order valence-corrected chi connectivity index (χ2v) is 2.58. The number of rotatable bonds is 1. The van der Waals surface area contributed by atoms with Gasteiger partial charge in [0.25, 0.3) is 0 Å². The van der Waals surface area contributed by atoms with Gasteiger partial charge in [-0.05, 0) is 12.1 Å². The van der Waals surface area contributed by atoms with Crippen LogP contribution in [-0.2, 0) is 0 Å². The van der Waals surface area contributed by atoms with Crippen LogP contribution in [0.2, 0.25) is 0 Å². The monoisotopic (exact) mass is 186 g/mol. The van der Waals surface area contributed by atoms with Gasteiger partial charge in [-0.3, -0.25) is 4.98 Å². The first-order valence-corrected chi connectivity index (χ1v) is 3.88. The van der Waals surface area contributed by atoms with Crippen LogP contribution in [0.1, 0.15) is 5.69 Å². The van der Waals surface area contributed by atoms with E-state index in [1.807, 2.05) is 6.07 Å². The van der Waals surface area contributed by atoms with Crippen molar-refractivity contribution in [3.05, 3.63) is 30.2 Å². The molecule has 0 fully saturated rings. The molecule has 0 atom stereocenters. The number of oxazole rings is 1. The lowest BCUT2D eigenvalue weighted by Gasteiger charge is -1.91. The lowest BCUT2D eigenvalue weighted by Crippen LogP contribution is -1.84. The number of aromatic nitrogens is 2. The summed E-state index contributed by atoms with van der Waals surface area (Å²) in [5.41, 5.74) is 6.27. The van der Waals surface area contributed by atoms with Crippen molar-refractivity contribution in [3.8, 4) is 17.5 Å². The molecule has 0 radical (unpaired) electrons. The summed E-state index contributed by atoms with van der Waals surface area (Å²) in [4.78, 5) is 7.77. The lowest BCUT2D eigenvalue weighted by atomic mass is 10.3. The molecule has 2 heterocycles. The largest absolute Gasteiger partial charge is 0.419 e. The Bertz CT molecular complexity index is 483. The summed E-state index contributed by atoms with van der Waals surface area (Å²) >= 11 is 0. The molecular formula is C9H6N4O. The number of nitriles is 1. The fourth-order valence-electron chi connectivity index (χ4n) is 1.03. The van der Waals surface area contributed by atoms with Gasteiger partial charge in [-0.25, -0.2) is 0 Å². The van der Waals surface area contributed by atoms with Crippen molar-refractivity contribution in [1.29, 1.82) is 5.26 Å². The van der Waals surface area contributed by atoms with Gasteiger partial charge in [0.15, 0.2) is 0 Å². The molecule has 0 amide bonds. The number of hydrogen-bond donors (Lipinski definition) is 1. The lowest BCUT2D eigenvalue weighted by molar-refractivity contribution is 0.593. The van der Waals surface area contributed by atoms with Crippen LogP contribution in [0.4, 0.5) is 5.88 Å². The zero-order valence-electron chi connectivity index (χ0n) is 7.14. The minimum atomic E-state index is 0.0410. The van der Waals surface area contributed by atoms with E-state index in [1.54, 1.807) is 24.5 Å². The molecule has 2 aromatic heterocycles. The molecule has 0 aliphatic carbocycles. The third kappa shape index (κ3) is 1.29. The van der Waals surface area contributed by atoms with Gasteiger partial charge in [-0.15, -0.1) is 0 Å². The van der Waals surface area contributed by atoms with Crippen LogP contribution < -0.4 is 5.73 Å². The number of nitrogens with zero attached hydrogens (tertiary/aromatic N) is 3. The highest BCUT2D eigenvalue weighted by Crippen LogP contribution is 2.21. The predicted molar refractivity (Wildman–Crippen MR) is 48.9 cm³/mol. The van der Waals surface area contributed by atoms with Gasteiger partial charge >= 0.3 is 0 Å². The summed E-state index contributed by atoms with van der Waals surface area (Å²) in [5, 5.41) is 8.61. The predicted octanol–water partition coefficient (Wildman–Crippen LogP) is 1.19. The SMILES string of the molecule is N#Cc1nc(-c2ccncc2)oc1N. The zero-order valence-corrected chi connectivity index (χ0v) is 7.14. The van der Waals surface area contributed by atoms with Crippen LogP contribution in [0.15, 0.2) is 28.9 Å². The number of nitrogens with two attached hydrogens (primary N) is 1. The van der Waals surface area contributed by atoms with Crippen molar-refractivity contribution in [2.75, 3.05) is 5.73 Å². The Hall–Kier alpha value is -2.35. The molecule has 0 saturated heterocycles. The minimum Gasteiger partial charge on any atom is -0.419 e. The molecule has 0 spiro atoms. The average molecular weight is 186 g/mol. The van der Waals surface area contributed by atoms with E-state index >= 15 is 0 Å². The highest BCUT2D eigenvalue weighted by atomic mass is 16.4. The van der Waals surface area contributed by atoms with E-state index in [0.717, 1.165) is 5.56 Å². The Morgan fingerprint density at radius 1 is 1.36 bits per heavy atom. The first kappa shape index (κ1) is 8.26. The molecule has 68 valence electrons. The Balaban J connectivity index is 2.50. The third-order valence-corrected chi connectivity index (χ3v) is 1.69. The molecule has 0 unspecified atom stereocenters. The van der Waals surface area contributed by atoms with Gasteiger partial charge in [-0.1, -0.05) is 0 Å². The summed E-state index contributed by atoms with van der Waals surface area (Å²) < 4.78 is 5.11. The molecule has 2 aromatic rings. The molecular weight excluding hydrogens is 180 g/mol. The third-order valence-electron chi connectivity index (χ3n) is 1.69. The number of anilines is 1. The number of pyridine rings is 1. The first-order valence-electron chi connectivity index (χ1n) is 3.88. The van der Waals surface area contributed by atoms with Gasteiger partial charge in [0, 0.05) is 18.0 Å². The van der Waals surface area contributed by atoms with E-state index in [4.69, 9.17) is 15.4 Å². The van der Waals surface area contributed by atoms with Gasteiger partial charge in [0.1, 0.15) is 6.07 Å². The smallest absolute Gasteiger partial charge is 0.230 e. The Kier molecular flexibility index (Phi) is 1.88. The van der Waals surface area contributed by atoms with Gasteiger partial charge in [0.05, 0.1) is 0 Å². The summed E-state index contributed by atoms with van der Waals surface area (Å²) in [6, 6.07) is 5.30. The van der Waals surface area contributed by atoms with Crippen molar-refractivity contribution >= 4 is 5.88 Å². The second kappa shape index (κ2) is 3.18. The Morgan fingerprint density at radius 2 is 2.07 bits per heavy atom. The normalized spacial score (nSPS) is 9.64. The van der Waals surface area contributed by atoms with Crippen LogP contribution in [0, 0.1) is 11.3 Å². The molecule has 0 aliphatic heterocycles. The molecule has 14 heavy (non-hydrogen) atoms. The van der Waals surface area contributed by atoms with E-state index in [0.29, 0.717) is 5.89 Å². The topological polar surface area (TPSA) is 88.7 Å². The Morgan fingerprint density at radius 3 is 2.64 bits per heavy atom. The van der Waals surface area contributed by atoms with E-state index in [9.17, 15) is 0 Å². The highest BCUT2D eigenvalue weighted by Gasteiger charge is 2.10. The van der Waals surface area contributed by atoms with Crippen molar-refractivity contribution in [2.45, 2.75) is 0 Å². The maximum atomic E-state index is 8.61. The van der Waals surface area contributed by atoms with E-state index in [-0.39, 0.29) is 11.6 Å². The Labute approximate surface area is 79.8 Å². The molecule has 0 saturated carbocycles. The zero-order chi connectivity index (χ0) is 9.97. The first-order chi connectivity index (χ1) is 6.81. The number of hydrogen-bond acceptors (Lipinski definition) is 5. The van der Waals surface area contributed by atoms with Crippen molar-refractivity contribution < 1.29 is 4.42 Å². The molecule has 2 N–H and O–H groups in total.